The van der Waals surface area contributed by atoms with Crippen LogP contribution in [0, 0.1) is 10.1 Å². The van der Waals surface area contributed by atoms with Gasteiger partial charge in [-0.15, -0.1) is 0 Å². The Kier molecular flexibility index (Phi) is 4.86. The summed E-state index contributed by atoms with van der Waals surface area (Å²) in [7, 11) is 0. The SMILES string of the molecule is NCCCNC(=O)c1cccc(Cl)c1[N+](=O)[O-]. The van der Waals surface area contributed by atoms with Crippen LogP contribution in [0.1, 0.15) is 16.8 Å². The third kappa shape index (κ3) is 3.40. The van der Waals surface area contributed by atoms with Crippen LogP contribution in [-0.2, 0) is 0 Å². The minimum absolute atomic E-state index is 0.0421. The first-order chi connectivity index (χ1) is 8.07. The van der Waals surface area contributed by atoms with Crippen LogP contribution in [-0.4, -0.2) is 23.9 Å². The number of nitrogens with two attached hydrogens (primary N) is 1. The second-order valence-corrected chi connectivity index (χ2v) is 3.70. The van der Waals surface area contributed by atoms with E-state index in [0.717, 1.165) is 0 Å². The van der Waals surface area contributed by atoms with Gasteiger partial charge in [-0.1, -0.05) is 17.7 Å². The summed E-state index contributed by atoms with van der Waals surface area (Å²) in [4.78, 5) is 21.8. The lowest BCUT2D eigenvalue weighted by Gasteiger charge is -2.05. The van der Waals surface area contributed by atoms with Gasteiger partial charge in [0.05, 0.1) is 4.92 Å². The number of para-hydroxylation sites is 1. The highest BCUT2D eigenvalue weighted by Gasteiger charge is 2.22. The lowest BCUT2D eigenvalue weighted by molar-refractivity contribution is -0.385. The number of nitro groups is 1. The average Bonchev–Trinajstić information content (AvgIpc) is 2.28. The van der Waals surface area contributed by atoms with Crippen LogP contribution >= 0.6 is 11.6 Å². The van der Waals surface area contributed by atoms with Crippen molar-refractivity contribution in [2.45, 2.75) is 6.42 Å². The number of hydrogen-bond acceptors (Lipinski definition) is 4. The highest BCUT2D eigenvalue weighted by atomic mass is 35.5. The van der Waals surface area contributed by atoms with Crippen molar-refractivity contribution in [2.75, 3.05) is 13.1 Å². The molecule has 0 aliphatic rings. The first-order valence-electron chi connectivity index (χ1n) is 4.99. The molecule has 6 nitrogen and oxygen atoms in total. The normalized spacial score (nSPS) is 10.0. The van der Waals surface area contributed by atoms with Crippen molar-refractivity contribution in [1.29, 1.82) is 0 Å². The summed E-state index contributed by atoms with van der Waals surface area (Å²) in [5, 5.41) is 13.3. The van der Waals surface area contributed by atoms with E-state index >= 15 is 0 Å². The molecule has 1 aromatic rings. The van der Waals surface area contributed by atoms with Gasteiger partial charge in [0.2, 0.25) is 0 Å². The van der Waals surface area contributed by atoms with E-state index in [1.807, 2.05) is 0 Å². The van der Waals surface area contributed by atoms with Crippen LogP contribution < -0.4 is 11.1 Å². The van der Waals surface area contributed by atoms with E-state index in [-0.39, 0.29) is 16.3 Å². The van der Waals surface area contributed by atoms with E-state index in [9.17, 15) is 14.9 Å². The van der Waals surface area contributed by atoms with Gasteiger partial charge >= 0.3 is 5.69 Å². The topological polar surface area (TPSA) is 98.3 Å². The number of halogens is 1. The molecule has 0 saturated heterocycles. The molecule has 17 heavy (non-hydrogen) atoms. The fraction of sp³-hybridized carbons (Fsp3) is 0.300. The van der Waals surface area contributed by atoms with Gasteiger partial charge in [-0.05, 0) is 25.1 Å². The molecule has 0 unspecified atom stereocenters. The molecule has 0 heterocycles. The third-order valence-electron chi connectivity index (χ3n) is 2.08. The molecule has 0 fully saturated rings. The number of benzene rings is 1. The molecule has 3 N–H and O–H groups in total. The minimum atomic E-state index is -0.666. The molecule has 0 spiro atoms. The molecule has 0 atom stereocenters. The van der Waals surface area contributed by atoms with Gasteiger partial charge in [0.15, 0.2) is 0 Å². The summed E-state index contributed by atoms with van der Waals surface area (Å²) in [6.45, 7) is 0.816. The monoisotopic (exact) mass is 257 g/mol. The Morgan fingerprint density at radius 2 is 2.24 bits per heavy atom. The summed E-state index contributed by atoms with van der Waals surface area (Å²) in [5.74, 6) is -0.521. The number of nitrogens with one attached hydrogen (secondary N) is 1. The van der Waals surface area contributed by atoms with Gasteiger partial charge < -0.3 is 11.1 Å². The zero-order valence-electron chi connectivity index (χ0n) is 8.98. The molecule has 0 saturated carbocycles. The molecule has 1 rings (SSSR count). The lowest BCUT2D eigenvalue weighted by Crippen LogP contribution is -2.26. The van der Waals surface area contributed by atoms with Gasteiger partial charge in [0, 0.05) is 6.54 Å². The zero-order valence-corrected chi connectivity index (χ0v) is 9.74. The van der Waals surface area contributed by atoms with Crippen LogP contribution in [0.2, 0.25) is 5.02 Å². The molecule has 0 aliphatic carbocycles. The van der Waals surface area contributed by atoms with E-state index in [4.69, 9.17) is 17.3 Å². The Hall–Kier alpha value is -1.66. The largest absolute Gasteiger partial charge is 0.352 e. The molecule has 1 amide bonds. The Bertz CT molecular complexity index is 437. The quantitative estimate of drug-likeness (QED) is 0.472. The molecule has 0 aliphatic heterocycles. The second-order valence-electron chi connectivity index (χ2n) is 3.29. The van der Waals surface area contributed by atoms with Crippen LogP contribution in [0.4, 0.5) is 5.69 Å². The summed E-state index contributed by atoms with van der Waals surface area (Å²) < 4.78 is 0. The molecular weight excluding hydrogens is 246 g/mol. The fourth-order valence-corrected chi connectivity index (χ4v) is 1.53. The van der Waals surface area contributed by atoms with E-state index in [2.05, 4.69) is 5.32 Å². The first-order valence-corrected chi connectivity index (χ1v) is 5.37. The van der Waals surface area contributed by atoms with Crippen LogP contribution in [0.3, 0.4) is 0 Å². The number of amides is 1. The summed E-state index contributed by atoms with van der Waals surface area (Å²) in [6, 6.07) is 4.23. The standard InChI is InChI=1S/C10H12ClN3O3/c11-8-4-1-3-7(9(8)14(16)17)10(15)13-6-2-5-12/h1,3-4H,2,5-6,12H2,(H,13,15). The number of nitrogens with zero attached hydrogens (tertiary/aromatic N) is 1. The summed E-state index contributed by atoms with van der Waals surface area (Å²) in [5.41, 5.74) is 4.86. The minimum Gasteiger partial charge on any atom is -0.352 e. The predicted octanol–water partition coefficient (Wildman–Crippen LogP) is 1.33. The number of carbonyl (C=O) groups is 1. The van der Waals surface area contributed by atoms with Gasteiger partial charge in [-0.3, -0.25) is 14.9 Å². The van der Waals surface area contributed by atoms with Crippen molar-refractivity contribution in [3.05, 3.63) is 38.9 Å². The lowest BCUT2D eigenvalue weighted by atomic mass is 10.1. The number of rotatable bonds is 5. The van der Waals surface area contributed by atoms with Crippen molar-refractivity contribution < 1.29 is 9.72 Å². The average molecular weight is 258 g/mol. The Morgan fingerprint density at radius 3 is 2.82 bits per heavy atom. The third-order valence-corrected chi connectivity index (χ3v) is 2.39. The maximum atomic E-state index is 11.7. The molecule has 0 bridgehead atoms. The van der Waals surface area contributed by atoms with Crippen molar-refractivity contribution in [2.24, 2.45) is 5.73 Å². The molecule has 1 aromatic carbocycles. The fourth-order valence-electron chi connectivity index (χ4n) is 1.28. The van der Waals surface area contributed by atoms with Crippen molar-refractivity contribution in [3.8, 4) is 0 Å². The smallest absolute Gasteiger partial charge is 0.300 e. The molecule has 92 valence electrons. The van der Waals surface area contributed by atoms with Gasteiger partial charge in [0.1, 0.15) is 10.6 Å². The van der Waals surface area contributed by atoms with Crippen molar-refractivity contribution >= 4 is 23.2 Å². The van der Waals surface area contributed by atoms with Crippen molar-refractivity contribution in [1.82, 2.24) is 5.32 Å². The second kappa shape index (κ2) is 6.17. The van der Waals surface area contributed by atoms with Gasteiger partial charge in [-0.25, -0.2) is 0 Å². The zero-order chi connectivity index (χ0) is 12.8. The van der Waals surface area contributed by atoms with E-state index < -0.39 is 10.8 Å². The van der Waals surface area contributed by atoms with Crippen LogP contribution in [0.25, 0.3) is 0 Å². The number of nitro benzene ring substituents is 1. The molecule has 0 radical (unpaired) electrons. The van der Waals surface area contributed by atoms with Gasteiger partial charge in [0.25, 0.3) is 5.91 Å². The van der Waals surface area contributed by atoms with Crippen molar-refractivity contribution in [3.63, 3.8) is 0 Å². The highest BCUT2D eigenvalue weighted by Crippen LogP contribution is 2.27. The van der Waals surface area contributed by atoms with Crippen LogP contribution in [0.5, 0.6) is 0 Å². The number of hydrogen-bond donors (Lipinski definition) is 2. The first kappa shape index (κ1) is 13.4. The number of carbonyl (C=O) groups excluding carboxylic acids is 1. The maximum Gasteiger partial charge on any atom is 0.300 e. The highest BCUT2D eigenvalue weighted by molar-refractivity contribution is 6.33. The van der Waals surface area contributed by atoms with E-state index in [0.29, 0.717) is 19.5 Å². The predicted molar refractivity (Wildman–Crippen MR) is 64.1 cm³/mol. The van der Waals surface area contributed by atoms with E-state index in [1.165, 1.54) is 18.2 Å². The Morgan fingerprint density at radius 1 is 1.53 bits per heavy atom. The van der Waals surface area contributed by atoms with E-state index in [1.54, 1.807) is 0 Å². The Labute approximate surface area is 103 Å². The summed E-state index contributed by atoms with van der Waals surface area (Å²) >= 11 is 5.69. The summed E-state index contributed by atoms with van der Waals surface area (Å²) in [6.07, 6.45) is 0.611. The van der Waals surface area contributed by atoms with Gasteiger partial charge in [-0.2, -0.15) is 0 Å². The molecule has 7 heteroatoms. The Balaban J connectivity index is 2.93. The van der Waals surface area contributed by atoms with Crippen LogP contribution in [0.15, 0.2) is 18.2 Å². The molecule has 0 aromatic heterocycles. The molecular formula is C10H12ClN3O3. The maximum absolute atomic E-state index is 11.7.